The van der Waals surface area contributed by atoms with Crippen LogP contribution >= 0.6 is 12.4 Å². The van der Waals surface area contributed by atoms with Crippen molar-refractivity contribution in [3.63, 3.8) is 0 Å². The summed E-state index contributed by atoms with van der Waals surface area (Å²) in [6, 6.07) is 4.71. The van der Waals surface area contributed by atoms with Gasteiger partial charge in [-0.2, -0.15) is 0 Å². The van der Waals surface area contributed by atoms with E-state index in [1.165, 1.54) is 0 Å². The first-order valence-corrected chi connectivity index (χ1v) is 3.81. The summed E-state index contributed by atoms with van der Waals surface area (Å²) in [7, 11) is 0. The molecular formula is C9H14ClNO2. The van der Waals surface area contributed by atoms with E-state index < -0.39 is 0 Å². The molecule has 0 aliphatic rings. The molecule has 0 saturated carbocycles. The highest BCUT2D eigenvalue weighted by molar-refractivity contribution is 5.85. The molecule has 1 aromatic rings. The summed E-state index contributed by atoms with van der Waals surface area (Å²) < 4.78 is 0. The highest BCUT2D eigenvalue weighted by atomic mass is 35.5. The van der Waals surface area contributed by atoms with E-state index >= 15 is 0 Å². The summed E-state index contributed by atoms with van der Waals surface area (Å²) >= 11 is 0. The van der Waals surface area contributed by atoms with Crippen LogP contribution in [0.2, 0.25) is 0 Å². The van der Waals surface area contributed by atoms with Crippen molar-refractivity contribution in [3.8, 4) is 5.75 Å². The average Bonchev–Trinajstić information content (AvgIpc) is 2.08. The Morgan fingerprint density at radius 1 is 1.46 bits per heavy atom. The van der Waals surface area contributed by atoms with E-state index in [-0.39, 0.29) is 30.8 Å². The molecule has 4 N–H and O–H groups in total. The molecule has 0 bridgehead atoms. The third-order valence-electron chi connectivity index (χ3n) is 1.85. The highest BCUT2D eigenvalue weighted by Gasteiger charge is 2.05. The van der Waals surface area contributed by atoms with E-state index in [0.29, 0.717) is 0 Å². The fourth-order valence-electron chi connectivity index (χ4n) is 1.01. The van der Waals surface area contributed by atoms with Crippen LogP contribution in [0.15, 0.2) is 18.2 Å². The summed E-state index contributed by atoms with van der Waals surface area (Å²) in [5, 5.41) is 18.0. The fourth-order valence-corrected chi connectivity index (χ4v) is 1.01. The second-order valence-electron chi connectivity index (χ2n) is 2.83. The summed E-state index contributed by atoms with van der Waals surface area (Å²) in [4.78, 5) is 0. The van der Waals surface area contributed by atoms with Crippen molar-refractivity contribution in [1.29, 1.82) is 0 Å². The van der Waals surface area contributed by atoms with Crippen LogP contribution in [0.1, 0.15) is 17.2 Å². The zero-order chi connectivity index (χ0) is 9.14. The van der Waals surface area contributed by atoms with Crippen molar-refractivity contribution in [2.75, 3.05) is 6.61 Å². The lowest BCUT2D eigenvalue weighted by Crippen LogP contribution is -2.14. The van der Waals surface area contributed by atoms with Gasteiger partial charge >= 0.3 is 0 Å². The lowest BCUT2D eigenvalue weighted by molar-refractivity contribution is 0.268. The molecule has 1 aromatic carbocycles. The second-order valence-corrected chi connectivity index (χ2v) is 2.83. The molecule has 0 aromatic heterocycles. The zero-order valence-corrected chi connectivity index (χ0v) is 8.21. The monoisotopic (exact) mass is 203 g/mol. The normalized spacial score (nSPS) is 11.9. The van der Waals surface area contributed by atoms with Gasteiger partial charge in [0.2, 0.25) is 0 Å². The highest BCUT2D eigenvalue weighted by Crippen LogP contribution is 2.19. The molecule has 1 rings (SSSR count). The number of phenols is 1. The Bertz CT molecular complexity index is 278. The van der Waals surface area contributed by atoms with Crippen molar-refractivity contribution < 1.29 is 10.2 Å². The van der Waals surface area contributed by atoms with Crippen LogP contribution in [0.4, 0.5) is 0 Å². The largest absolute Gasteiger partial charge is 0.508 e. The topological polar surface area (TPSA) is 66.5 Å². The van der Waals surface area contributed by atoms with E-state index in [9.17, 15) is 5.11 Å². The molecule has 0 radical (unpaired) electrons. The molecule has 0 heterocycles. The molecular weight excluding hydrogens is 190 g/mol. The summed E-state index contributed by atoms with van der Waals surface area (Å²) in [5.74, 6) is 0.254. The number of rotatable bonds is 2. The Hall–Kier alpha value is -0.770. The molecule has 0 saturated heterocycles. The minimum Gasteiger partial charge on any atom is -0.508 e. The van der Waals surface area contributed by atoms with Gasteiger partial charge in [0.15, 0.2) is 0 Å². The molecule has 0 spiro atoms. The lowest BCUT2D eigenvalue weighted by Gasteiger charge is -2.09. The van der Waals surface area contributed by atoms with Gasteiger partial charge in [-0.1, -0.05) is 12.1 Å². The van der Waals surface area contributed by atoms with Gasteiger partial charge < -0.3 is 15.9 Å². The third-order valence-corrected chi connectivity index (χ3v) is 1.85. The predicted octanol–water partition coefficient (Wildman–Crippen LogP) is 1.11. The van der Waals surface area contributed by atoms with Crippen molar-refractivity contribution in [3.05, 3.63) is 29.3 Å². The van der Waals surface area contributed by atoms with Crippen LogP contribution in [-0.4, -0.2) is 16.8 Å². The number of aliphatic hydroxyl groups excluding tert-OH is 1. The maximum absolute atomic E-state index is 9.19. The van der Waals surface area contributed by atoms with Gasteiger partial charge in [0, 0.05) is 0 Å². The van der Waals surface area contributed by atoms with Crippen molar-refractivity contribution in [2.45, 2.75) is 13.0 Å². The van der Waals surface area contributed by atoms with E-state index in [0.717, 1.165) is 11.1 Å². The van der Waals surface area contributed by atoms with Gasteiger partial charge in [-0.3, -0.25) is 0 Å². The average molecular weight is 204 g/mol. The Balaban J connectivity index is 0.00000144. The quantitative estimate of drug-likeness (QED) is 0.675. The number of aromatic hydroxyl groups is 1. The van der Waals surface area contributed by atoms with E-state index in [1.807, 2.05) is 0 Å². The van der Waals surface area contributed by atoms with Gasteiger partial charge in [-0.15, -0.1) is 12.4 Å². The predicted molar refractivity (Wildman–Crippen MR) is 54.1 cm³/mol. The van der Waals surface area contributed by atoms with Gasteiger partial charge in [-0.05, 0) is 24.1 Å². The summed E-state index contributed by atoms with van der Waals surface area (Å²) in [6.07, 6.45) is 0. The summed E-state index contributed by atoms with van der Waals surface area (Å²) in [5.41, 5.74) is 7.20. The number of aliphatic hydroxyl groups is 1. The summed E-state index contributed by atoms with van der Waals surface area (Å²) in [6.45, 7) is 1.72. The molecule has 0 unspecified atom stereocenters. The Morgan fingerprint density at radius 2 is 2.08 bits per heavy atom. The van der Waals surface area contributed by atoms with Crippen LogP contribution in [0, 0.1) is 6.92 Å². The molecule has 0 amide bonds. The molecule has 74 valence electrons. The third kappa shape index (κ3) is 2.88. The second kappa shape index (κ2) is 5.07. The smallest absolute Gasteiger partial charge is 0.118 e. The van der Waals surface area contributed by atoms with Crippen molar-refractivity contribution in [2.24, 2.45) is 5.73 Å². The SMILES string of the molecule is Cc1cc([C@H](N)CO)ccc1O.Cl. The standard InChI is InChI=1S/C9H13NO2.ClH/c1-6-4-7(8(10)5-11)2-3-9(6)12;/h2-4,8,11-12H,5,10H2,1H3;1H/t8-;/m1./s1. The number of phenolic OH excluding ortho intramolecular Hbond substituents is 1. The Kier molecular flexibility index (Phi) is 4.77. The molecule has 0 fully saturated rings. The first-order chi connectivity index (χ1) is 5.65. The first kappa shape index (κ1) is 12.2. The van der Waals surface area contributed by atoms with E-state index in [4.69, 9.17) is 10.8 Å². The number of hydrogen-bond acceptors (Lipinski definition) is 3. The maximum atomic E-state index is 9.19. The zero-order valence-electron chi connectivity index (χ0n) is 7.40. The number of aryl methyl sites for hydroxylation is 1. The molecule has 3 nitrogen and oxygen atoms in total. The Labute approximate surface area is 83.6 Å². The minimum atomic E-state index is -0.357. The number of benzene rings is 1. The Morgan fingerprint density at radius 3 is 2.54 bits per heavy atom. The van der Waals surface area contributed by atoms with Crippen LogP contribution in [0.5, 0.6) is 5.75 Å². The van der Waals surface area contributed by atoms with E-state index in [2.05, 4.69) is 0 Å². The van der Waals surface area contributed by atoms with Crippen molar-refractivity contribution in [1.82, 2.24) is 0 Å². The lowest BCUT2D eigenvalue weighted by atomic mass is 10.1. The molecule has 1 atom stereocenters. The molecule has 4 heteroatoms. The van der Waals surface area contributed by atoms with Crippen LogP contribution in [0.3, 0.4) is 0 Å². The minimum absolute atomic E-state index is 0. The van der Waals surface area contributed by atoms with Gasteiger partial charge in [0.05, 0.1) is 12.6 Å². The van der Waals surface area contributed by atoms with E-state index in [1.54, 1.807) is 25.1 Å². The van der Waals surface area contributed by atoms with Crippen LogP contribution in [0.25, 0.3) is 0 Å². The maximum Gasteiger partial charge on any atom is 0.118 e. The molecule has 13 heavy (non-hydrogen) atoms. The van der Waals surface area contributed by atoms with Gasteiger partial charge in [0.25, 0.3) is 0 Å². The number of nitrogens with two attached hydrogens (primary N) is 1. The molecule has 0 aliphatic carbocycles. The number of halogens is 1. The van der Waals surface area contributed by atoms with Crippen LogP contribution < -0.4 is 5.73 Å². The van der Waals surface area contributed by atoms with Gasteiger partial charge in [-0.25, -0.2) is 0 Å². The van der Waals surface area contributed by atoms with Gasteiger partial charge in [0.1, 0.15) is 5.75 Å². The number of hydrogen-bond donors (Lipinski definition) is 3. The first-order valence-electron chi connectivity index (χ1n) is 3.81. The fraction of sp³-hybridized carbons (Fsp3) is 0.333. The van der Waals surface area contributed by atoms with Crippen LogP contribution in [-0.2, 0) is 0 Å². The van der Waals surface area contributed by atoms with Crippen molar-refractivity contribution >= 4 is 12.4 Å². The molecule has 0 aliphatic heterocycles.